The number of benzene rings is 4. The van der Waals surface area contributed by atoms with Gasteiger partial charge in [0.1, 0.15) is 18.0 Å². The van der Waals surface area contributed by atoms with Crippen LogP contribution in [0.1, 0.15) is 0 Å². The second-order valence-corrected chi connectivity index (χ2v) is 13.3. The van der Waals surface area contributed by atoms with E-state index in [4.69, 9.17) is 4.74 Å². The van der Waals surface area contributed by atoms with Crippen LogP contribution in [0.25, 0.3) is 21.5 Å². The van der Waals surface area contributed by atoms with Crippen molar-refractivity contribution in [1.29, 1.82) is 0 Å². The molecular weight excluding hydrogens is 564 g/mol. The van der Waals surface area contributed by atoms with Crippen LogP contribution in [0.15, 0.2) is 72.8 Å². The quantitative estimate of drug-likeness (QED) is 0.258. The number of hydrogen-bond donors (Lipinski definition) is 0. The predicted octanol–water partition coefficient (Wildman–Crippen LogP) is 1.97. The fourth-order valence-electron chi connectivity index (χ4n) is 4.97. The monoisotopic (exact) mass is 599 g/mol. The van der Waals surface area contributed by atoms with Crippen LogP contribution in [-0.4, -0.2) is 65.8 Å². The summed E-state index contributed by atoms with van der Waals surface area (Å²) in [4.78, 5) is 4.35. The number of morpholine rings is 1. The first kappa shape index (κ1) is 26.2. The first-order valence-electron chi connectivity index (χ1n) is 12.0. The summed E-state index contributed by atoms with van der Waals surface area (Å²) in [5, 5.41) is 8.05. The molecule has 0 radical (unpaired) electrons. The van der Waals surface area contributed by atoms with Crippen molar-refractivity contribution in [3.63, 3.8) is 0 Å². The molecular formula is C29H35IN3OP. The van der Waals surface area contributed by atoms with Gasteiger partial charge < -0.3 is 38.5 Å². The summed E-state index contributed by atoms with van der Waals surface area (Å²) in [6, 6.07) is 27.7. The lowest BCUT2D eigenvalue weighted by atomic mass is 10.1. The van der Waals surface area contributed by atoms with E-state index < -0.39 is 7.41 Å². The maximum absolute atomic E-state index is 5.76. The summed E-state index contributed by atoms with van der Waals surface area (Å²) in [6.45, 7) is 6.02. The highest BCUT2D eigenvalue weighted by molar-refractivity contribution is 7.86. The fraction of sp³-hybridized carbons (Fsp3) is 0.310. The molecule has 0 saturated carbocycles. The molecule has 4 aromatic carbocycles. The summed E-state index contributed by atoms with van der Waals surface area (Å²) in [7, 11) is 6.61. The van der Waals surface area contributed by atoms with Gasteiger partial charge in [-0.1, -0.05) is 24.3 Å². The minimum Gasteiger partial charge on any atom is -1.00 e. The van der Waals surface area contributed by atoms with E-state index in [1.54, 1.807) is 0 Å². The minimum atomic E-state index is -1.81. The number of anilines is 2. The highest BCUT2D eigenvalue weighted by Gasteiger charge is 2.45. The van der Waals surface area contributed by atoms with Crippen LogP contribution in [0.3, 0.4) is 0 Å². The molecule has 35 heavy (non-hydrogen) atoms. The molecule has 6 heteroatoms. The van der Waals surface area contributed by atoms with Crippen LogP contribution in [0, 0.1) is 0 Å². The average Bonchev–Trinajstić information content (AvgIpc) is 2.87. The summed E-state index contributed by atoms with van der Waals surface area (Å²) < 4.78 is 8.46. The van der Waals surface area contributed by atoms with Crippen LogP contribution in [0.2, 0.25) is 0 Å². The molecule has 0 aliphatic carbocycles. The molecule has 1 heterocycles. The van der Waals surface area contributed by atoms with Gasteiger partial charge in [-0.2, -0.15) is 4.67 Å². The van der Waals surface area contributed by atoms with E-state index in [1.807, 2.05) is 0 Å². The van der Waals surface area contributed by atoms with E-state index in [9.17, 15) is 0 Å². The van der Waals surface area contributed by atoms with Gasteiger partial charge in [-0.3, -0.25) is 0 Å². The largest absolute Gasteiger partial charge is 1.00 e. The fourth-order valence-corrected chi connectivity index (χ4v) is 8.40. The van der Waals surface area contributed by atoms with E-state index >= 15 is 0 Å². The van der Waals surface area contributed by atoms with Crippen LogP contribution in [0.5, 0.6) is 0 Å². The van der Waals surface area contributed by atoms with E-state index in [0.717, 1.165) is 26.3 Å². The zero-order valence-electron chi connectivity index (χ0n) is 21.3. The zero-order valence-corrected chi connectivity index (χ0v) is 24.4. The number of hydrogen-bond acceptors (Lipinski definition) is 4. The molecule has 1 aliphatic rings. The molecule has 5 rings (SSSR count). The van der Waals surface area contributed by atoms with E-state index in [2.05, 4.69) is 122 Å². The van der Waals surface area contributed by atoms with Crippen LogP contribution >= 0.6 is 7.41 Å². The standard InChI is InChI=1S/C29H35N3OP.HI/c1-30(2)26-10-6-22-8-12-28(20-24(22)18-26)34(5,32-14-16-33-17-15-32)29-13-9-23-7-11-27(31(3)4)19-25(23)21-29;/h6-13,18-21H,14-17H2,1-5H3;1H/q+1;/p-1. The van der Waals surface area contributed by atoms with E-state index in [-0.39, 0.29) is 24.0 Å². The highest BCUT2D eigenvalue weighted by atomic mass is 127. The molecule has 4 aromatic rings. The first-order chi connectivity index (χ1) is 16.4. The third-order valence-corrected chi connectivity index (χ3v) is 11.3. The van der Waals surface area contributed by atoms with Crippen molar-refractivity contribution >= 4 is 50.9 Å². The van der Waals surface area contributed by atoms with Crippen molar-refractivity contribution < 1.29 is 28.7 Å². The SMILES string of the molecule is CN(C)c1ccc2ccc([P+](C)(c3ccc4ccc(N(C)C)cc4c3)N3CCOCC3)cc2c1.[I-]. The molecule has 0 N–H and O–H groups in total. The molecule has 184 valence electrons. The van der Waals surface area contributed by atoms with Gasteiger partial charge in [-0.05, 0) is 70.1 Å². The van der Waals surface area contributed by atoms with Crippen LogP contribution < -0.4 is 44.4 Å². The van der Waals surface area contributed by atoms with E-state index in [0.29, 0.717) is 0 Å². The molecule has 0 bridgehead atoms. The molecule has 0 aromatic heterocycles. The topological polar surface area (TPSA) is 19.0 Å². The lowest BCUT2D eigenvalue weighted by molar-refractivity contribution is -0.00000754. The van der Waals surface area contributed by atoms with Gasteiger partial charge in [0, 0.05) is 39.6 Å². The molecule has 4 nitrogen and oxygen atoms in total. The molecule has 0 unspecified atom stereocenters. The summed E-state index contributed by atoms with van der Waals surface area (Å²) >= 11 is 0. The molecule has 0 atom stereocenters. The molecule has 1 aliphatic heterocycles. The lowest BCUT2D eigenvalue weighted by Crippen LogP contribution is -3.00. The van der Waals surface area contributed by atoms with Crippen molar-refractivity contribution in [1.82, 2.24) is 4.67 Å². The second-order valence-electron chi connectivity index (χ2n) is 9.75. The number of nitrogens with zero attached hydrogens (tertiary/aromatic N) is 3. The normalized spacial score (nSPS) is 14.7. The summed E-state index contributed by atoms with van der Waals surface area (Å²) in [5.41, 5.74) is 2.47. The molecule has 1 fully saturated rings. The maximum Gasteiger partial charge on any atom is 0.145 e. The van der Waals surface area contributed by atoms with E-state index in [1.165, 1.54) is 43.5 Å². The summed E-state index contributed by atoms with van der Waals surface area (Å²) in [6.07, 6.45) is 0. The number of ether oxygens (including phenoxy) is 1. The second kappa shape index (κ2) is 10.6. The maximum atomic E-state index is 5.76. The Morgan fingerprint density at radius 1 is 0.629 bits per heavy atom. The zero-order chi connectivity index (χ0) is 23.9. The lowest BCUT2D eigenvalue weighted by Gasteiger charge is -2.36. The Balaban J connectivity index is 0.00000289. The van der Waals surface area contributed by atoms with Gasteiger partial charge in [-0.25, -0.2) is 0 Å². The van der Waals surface area contributed by atoms with Gasteiger partial charge in [0.25, 0.3) is 0 Å². The minimum absolute atomic E-state index is 0. The third kappa shape index (κ3) is 5.01. The molecule has 1 saturated heterocycles. The van der Waals surface area contributed by atoms with Gasteiger partial charge >= 0.3 is 0 Å². The Morgan fingerprint density at radius 3 is 1.49 bits per heavy atom. The van der Waals surface area contributed by atoms with Crippen molar-refractivity contribution in [3.05, 3.63) is 72.8 Å². The van der Waals surface area contributed by atoms with Gasteiger partial charge in [0.2, 0.25) is 0 Å². The van der Waals surface area contributed by atoms with Crippen molar-refractivity contribution in [2.75, 3.05) is 71.0 Å². The first-order valence-corrected chi connectivity index (χ1v) is 14.2. The Kier molecular flexibility index (Phi) is 7.92. The van der Waals surface area contributed by atoms with Gasteiger partial charge in [0.15, 0.2) is 0 Å². The Labute approximate surface area is 227 Å². The third-order valence-electron chi connectivity index (χ3n) is 7.21. The van der Waals surface area contributed by atoms with Crippen LogP contribution in [-0.2, 0) is 4.74 Å². The highest BCUT2D eigenvalue weighted by Crippen LogP contribution is 2.57. The number of fused-ring (bicyclic) bond motifs is 2. The number of rotatable bonds is 5. The van der Waals surface area contributed by atoms with Crippen molar-refractivity contribution in [2.45, 2.75) is 0 Å². The average molecular weight is 599 g/mol. The predicted molar refractivity (Wildman–Crippen MR) is 151 cm³/mol. The Morgan fingerprint density at radius 2 is 1.06 bits per heavy atom. The Bertz CT molecular complexity index is 1240. The summed E-state index contributed by atoms with van der Waals surface area (Å²) in [5.74, 6) is 0. The van der Waals surface area contributed by atoms with Crippen molar-refractivity contribution in [2.24, 2.45) is 0 Å². The van der Waals surface area contributed by atoms with Crippen molar-refractivity contribution in [3.8, 4) is 0 Å². The van der Waals surface area contributed by atoms with Crippen LogP contribution in [0.4, 0.5) is 11.4 Å². The molecule has 0 amide bonds. The van der Waals surface area contributed by atoms with Gasteiger partial charge in [-0.15, -0.1) is 0 Å². The number of halogens is 1. The van der Waals surface area contributed by atoms with Gasteiger partial charge in [0.05, 0.1) is 33.0 Å². The smallest absolute Gasteiger partial charge is 0.145 e. The molecule has 0 spiro atoms. The Hall–Kier alpha value is -1.92.